The summed E-state index contributed by atoms with van der Waals surface area (Å²) in [6.45, 7) is 2.94. The molecule has 0 amide bonds. The van der Waals surface area contributed by atoms with Gasteiger partial charge in [-0.3, -0.25) is 4.79 Å². The van der Waals surface area contributed by atoms with Crippen LogP contribution in [0.25, 0.3) is 0 Å². The number of carboxylic acid groups (broad SMARTS) is 1. The molecule has 0 aromatic heterocycles. The van der Waals surface area contributed by atoms with Crippen LogP contribution in [-0.4, -0.2) is 41.4 Å². The van der Waals surface area contributed by atoms with Gasteiger partial charge in [-0.05, 0) is 37.4 Å². The van der Waals surface area contributed by atoms with Gasteiger partial charge in [-0.15, -0.1) is 11.8 Å². The molecule has 0 saturated carbocycles. The van der Waals surface area contributed by atoms with E-state index in [1.54, 1.807) is 23.9 Å². The van der Waals surface area contributed by atoms with Gasteiger partial charge in [0.25, 0.3) is 0 Å². The Morgan fingerprint density at radius 2 is 2.25 bits per heavy atom. The lowest BCUT2D eigenvalue weighted by Crippen LogP contribution is -2.23. The number of halogens is 1. The average molecular weight is 297 g/mol. The predicted molar refractivity (Wildman–Crippen MR) is 78.5 cm³/mol. The molecule has 1 saturated heterocycles. The Morgan fingerprint density at radius 1 is 1.45 bits per heavy atom. The van der Waals surface area contributed by atoms with Gasteiger partial charge in [0.2, 0.25) is 0 Å². The average Bonchev–Trinajstić information content (AvgIpc) is 2.87. The van der Waals surface area contributed by atoms with Gasteiger partial charge in [0.15, 0.2) is 0 Å². The normalized spacial score (nSPS) is 19.4. The molecule has 1 fully saturated rings. The van der Waals surface area contributed by atoms with Crippen LogP contribution in [0.2, 0.25) is 0 Å². The van der Waals surface area contributed by atoms with Crippen LogP contribution in [0, 0.1) is 11.7 Å². The number of likely N-dealkylation sites (tertiary alicyclic amines) is 1. The highest BCUT2D eigenvalue weighted by atomic mass is 32.2. The summed E-state index contributed by atoms with van der Waals surface area (Å²) < 4.78 is 13.4. The first-order valence-corrected chi connectivity index (χ1v) is 7.95. The number of aliphatic carboxylic acids is 1. The molecule has 20 heavy (non-hydrogen) atoms. The molecule has 1 atom stereocenters. The first-order chi connectivity index (χ1) is 9.65. The van der Waals surface area contributed by atoms with Gasteiger partial charge in [-0.2, -0.15) is 0 Å². The molecule has 0 aliphatic carbocycles. The molecule has 5 heteroatoms. The van der Waals surface area contributed by atoms with Crippen molar-refractivity contribution < 1.29 is 14.3 Å². The molecule has 0 spiro atoms. The van der Waals surface area contributed by atoms with Crippen LogP contribution >= 0.6 is 11.8 Å². The number of hydrogen-bond donors (Lipinski definition) is 1. The molecule has 1 aliphatic heterocycles. The molecule has 1 N–H and O–H groups in total. The SMILES string of the molecule is O=C(O)CCC1CCN(CCSc2ccccc2F)C1. The van der Waals surface area contributed by atoms with Crippen molar-refractivity contribution in [2.75, 3.05) is 25.4 Å². The molecule has 1 aromatic rings. The van der Waals surface area contributed by atoms with E-state index >= 15 is 0 Å². The van der Waals surface area contributed by atoms with Crippen LogP contribution in [0.5, 0.6) is 0 Å². The van der Waals surface area contributed by atoms with Crippen LogP contribution in [0.3, 0.4) is 0 Å². The van der Waals surface area contributed by atoms with Crippen LogP contribution in [0.15, 0.2) is 29.2 Å². The maximum absolute atomic E-state index is 13.4. The van der Waals surface area contributed by atoms with E-state index in [-0.39, 0.29) is 12.2 Å². The highest BCUT2D eigenvalue weighted by Gasteiger charge is 2.22. The Kier molecular flexibility index (Phi) is 5.86. The van der Waals surface area contributed by atoms with E-state index in [4.69, 9.17) is 5.11 Å². The van der Waals surface area contributed by atoms with Crippen molar-refractivity contribution in [2.24, 2.45) is 5.92 Å². The second-order valence-electron chi connectivity index (χ2n) is 5.17. The Balaban J connectivity index is 1.66. The van der Waals surface area contributed by atoms with Crippen LogP contribution in [0.1, 0.15) is 19.3 Å². The fraction of sp³-hybridized carbons (Fsp3) is 0.533. The molecule has 0 radical (unpaired) electrons. The largest absolute Gasteiger partial charge is 0.481 e. The Hall–Kier alpha value is -1.07. The first kappa shape index (κ1) is 15.3. The first-order valence-electron chi connectivity index (χ1n) is 6.96. The van der Waals surface area contributed by atoms with Gasteiger partial charge in [-0.25, -0.2) is 4.39 Å². The summed E-state index contributed by atoms with van der Waals surface area (Å²) in [5, 5.41) is 8.68. The topological polar surface area (TPSA) is 40.5 Å². The second-order valence-corrected chi connectivity index (χ2v) is 6.30. The van der Waals surface area contributed by atoms with Gasteiger partial charge in [0.1, 0.15) is 5.82 Å². The van der Waals surface area contributed by atoms with Gasteiger partial charge >= 0.3 is 5.97 Å². The number of nitrogens with zero attached hydrogens (tertiary/aromatic N) is 1. The summed E-state index contributed by atoms with van der Waals surface area (Å²) in [6.07, 6.45) is 2.12. The van der Waals surface area contributed by atoms with Crippen molar-refractivity contribution in [3.05, 3.63) is 30.1 Å². The third-order valence-electron chi connectivity index (χ3n) is 3.64. The monoisotopic (exact) mass is 297 g/mol. The fourth-order valence-corrected chi connectivity index (χ4v) is 3.48. The van der Waals surface area contributed by atoms with Crippen molar-refractivity contribution in [1.29, 1.82) is 0 Å². The molecule has 1 unspecified atom stereocenters. The standard InChI is InChI=1S/C15H20FNO2S/c16-13-3-1-2-4-14(13)20-10-9-17-8-7-12(11-17)5-6-15(18)19/h1-4,12H,5-11H2,(H,18,19). The van der Waals surface area contributed by atoms with Crippen LogP contribution < -0.4 is 0 Å². The van der Waals surface area contributed by atoms with E-state index in [2.05, 4.69) is 4.90 Å². The number of carboxylic acids is 1. The zero-order valence-electron chi connectivity index (χ0n) is 11.4. The molecule has 3 nitrogen and oxygen atoms in total. The molecule has 1 aliphatic rings. The summed E-state index contributed by atoms with van der Waals surface area (Å²) >= 11 is 1.54. The number of carbonyl (C=O) groups is 1. The maximum Gasteiger partial charge on any atom is 0.303 e. The van der Waals surface area contributed by atoms with Crippen molar-refractivity contribution in [3.8, 4) is 0 Å². The van der Waals surface area contributed by atoms with E-state index in [0.29, 0.717) is 10.8 Å². The minimum Gasteiger partial charge on any atom is -0.481 e. The zero-order chi connectivity index (χ0) is 14.4. The summed E-state index contributed by atoms with van der Waals surface area (Å²) in [5.41, 5.74) is 0. The second kappa shape index (κ2) is 7.64. The van der Waals surface area contributed by atoms with Crippen LogP contribution in [-0.2, 0) is 4.79 Å². The van der Waals surface area contributed by atoms with Crippen LogP contribution in [0.4, 0.5) is 4.39 Å². The number of rotatable bonds is 7. The van der Waals surface area contributed by atoms with Crippen molar-refractivity contribution >= 4 is 17.7 Å². The van der Waals surface area contributed by atoms with E-state index in [1.165, 1.54) is 6.07 Å². The van der Waals surface area contributed by atoms with E-state index < -0.39 is 5.97 Å². The third kappa shape index (κ3) is 4.80. The third-order valence-corrected chi connectivity index (χ3v) is 4.67. The van der Waals surface area contributed by atoms with E-state index in [1.807, 2.05) is 6.07 Å². The Bertz CT molecular complexity index is 455. The summed E-state index contributed by atoms with van der Waals surface area (Å²) in [6, 6.07) is 6.84. The minimum atomic E-state index is -0.710. The molecular formula is C15H20FNO2S. The quantitative estimate of drug-likeness (QED) is 0.785. The molecular weight excluding hydrogens is 277 g/mol. The molecule has 2 rings (SSSR count). The zero-order valence-corrected chi connectivity index (χ0v) is 12.2. The van der Waals surface area contributed by atoms with Gasteiger partial charge in [-0.1, -0.05) is 12.1 Å². The van der Waals surface area contributed by atoms with Crippen molar-refractivity contribution in [2.45, 2.75) is 24.2 Å². The lowest BCUT2D eigenvalue weighted by Gasteiger charge is -2.15. The highest BCUT2D eigenvalue weighted by molar-refractivity contribution is 7.99. The lowest BCUT2D eigenvalue weighted by molar-refractivity contribution is -0.137. The number of thioether (sulfide) groups is 1. The Labute approximate surface area is 123 Å². The van der Waals surface area contributed by atoms with Crippen molar-refractivity contribution in [1.82, 2.24) is 4.90 Å². The molecule has 1 heterocycles. The molecule has 0 bridgehead atoms. The number of hydrogen-bond acceptors (Lipinski definition) is 3. The number of benzene rings is 1. The Morgan fingerprint density at radius 3 is 3.00 bits per heavy atom. The predicted octanol–water partition coefficient (Wildman–Crippen LogP) is 3.10. The van der Waals surface area contributed by atoms with Gasteiger partial charge in [0, 0.05) is 30.2 Å². The minimum absolute atomic E-state index is 0.154. The highest BCUT2D eigenvalue weighted by Crippen LogP contribution is 2.24. The van der Waals surface area contributed by atoms with E-state index in [9.17, 15) is 9.18 Å². The summed E-state index contributed by atoms with van der Waals surface area (Å²) in [5.74, 6) is 0.508. The summed E-state index contributed by atoms with van der Waals surface area (Å²) in [7, 11) is 0. The van der Waals surface area contributed by atoms with Crippen molar-refractivity contribution in [3.63, 3.8) is 0 Å². The summed E-state index contributed by atoms with van der Waals surface area (Å²) in [4.78, 5) is 13.6. The molecule has 1 aromatic carbocycles. The van der Waals surface area contributed by atoms with Gasteiger partial charge < -0.3 is 10.0 Å². The lowest BCUT2D eigenvalue weighted by atomic mass is 10.0. The smallest absolute Gasteiger partial charge is 0.303 e. The molecule has 110 valence electrons. The van der Waals surface area contributed by atoms with E-state index in [0.717, 1.165) is 38.2 Å². The van der Waals surface area contributed by atoms with Gasteiger partial charge in [0.05, 0.1) is 0 Å². The maximum atomic E-state index is 13.4. The fourth-order valence-electron chi connectivity index (χ4n) is 2.53.